The Hall–Kier alpha value is -0.370. The predicted octanol–water partition coefficient (Wildman–Crippen LogP) is 3.20. The van der Waals surface area contributed by atoms with Gasteiger partial charge in [0, 0.05) is 5.92 Å². The van der Waals surface area contributed by atoms with Crippen LogP contribution < -0.4 is 0 Å². The molecule has 0 amide bonds. The second-order valence-electron chi connectivity index (χ2n) is 5.90. The van der Waals surface area contributed by atoms with E-state index >= 15 is 0 Å². The van der Waals surface area contributed by atoms with E-state index in [2.05, 4.69) is 34.6 Å². The average molecular weight is 212 g/mol. The fraction of sp³-hybridized carbons (Fsp3) is 0.923. The number of carbonyl (C=O) groups is 1. The third kappa shape index (κ3) is 2.60. The van der Waals surface area contributed by atoms with E-state index in [1.54, 1.807) is 6.92 Å². The van der Waals surface area contributed by atoms with Crippen LogP contribution in [-0.4, -0.2) is 17.0 Å². The van der Waals surface area contributed by atoms with Gasteiger partial charge < -0.3 is 4.74 Å². The minimum Gasteiger partial charge on any atom is -0.369 e. The Morgan fingerprint density at radius 1 is 1.40 bits per heavy atom. The molecule has 0 aromatic heterocycles. The lowest BCUT2D eigenvalue weighted by Gasteiger charge is -2.31. The van der Waals surface area contributed by atoms with Gasteiger partial charge in [-0.25, -0.2) is 0 Å². The van der Waals surface area contributed by atoms with Crippen LogP contribution in [0.3, 0.4) is 0 Å². The van der Waals surface area contributed by atoms with Gasteiger partial charge in [-0.05, 0) is 53.4 Å². The average Bonchev–Trinajstić information content (AvgIpc) is 2.20. The molecule has 2 atom stereocenters. The van der Waals surface area contributed by atoms with Gasteiger partial charge in [0.1, 0.15) is 5.78 Å². The van der Waals surface area contributed by atoms with Crippen molar-refractivity contribution in [2.45, 2.75) is 65.6 Å². The second-order valence-corrected chi connectivity index (χ2v) is 5.90. The van der Waals surface area contributed by atoms with Gasteiger partial charge in [0.25, 0.3) is 0 Å². The highest BCUT2D eigenvalue weighted by Crippen LogP contribution is 2.46. The fourth-order valence-electron chi connectivity index (χ4n) is 3.09. The van der Waals surface area contributed by atoms with Gasteiger partial charge in [-0.2, -0.15) is 0 Å². The highest BCUT2D eigenvalue weighted by Gasteiger charge is 2.49. The van der Waals surface area contributed by atoms with Crippen LogP contribution in [0.4, 0.5) is 0 Å². The van der Waals surface area contributed by atoms with E-state index in [4.69, 9.17) is 4.74 Å². The maximum Gasteiger partial charge on any atom is 0.133 e. The second kappa shape index (κ2) is 3.89. The molecule has 0 bridgehead atoms. The lowest BCUT2D eigenvalue weighted by atomic mass is 9.75. The van der Waals surface area contributed by atoms with Crippen molar-refractivity contribution in [1.82, 2.24) is 0 Å². The molecular weight excluding hydrogens is 188 g/mol. The SMILES string of the molecule is CCC(C(C)=O)C1CC(C)(C)OC1(C)C. The molecule has 2 nitrogen and oxygen atoms in total. The van der Waals surface area contributed by atoms with Crippen LogP contribution in [0.2, 0.25) is 0 Å². The van der Waals surface area contributed by atoms with Gasteiger partial charge in [0.15, 0.2) is 0 Å². The first-order valence-corrected chi connectivity index (χ1v) is 5.90. The summed E-state index contributed by atoms with van der Waals surface area (Å²) in [4.78, 5) is 11.6. The summed E-state index contributed by atoms with van der Waals surface area (Å²) in [6, 6.07) is 0. The van der Waals surface area contributed by atoms with E-state index in [1.807, 2.05) is 0 Å². The molecule has 88 valence electrons. The first kappa shape index (κ1) is 12.7. The van der Waals surface area contributed by atoms with Crippen LogP contribution in [0, 0.1) is 11.8 Å². The molecule has 1 aliphatic rings. The lowest BCUT2D eigenvalue weighted by Crippen LogP contribution is -2.35. The number of ether oxygens (including phenoxy) is 1. The topological polar surface area (TPSA) is 26.3 Å². The van der Waals surface area contributed by atoms with Crippen molar-refractivity contribution in [3.63, 3.8) is 0 Å². The number of rotatable bonds is 3. The molecule has 0 spiro atoms. The summed E-state index contributed by atoms with van der Waals surface area (Å²) in [5, 5.41) is 0. The molecule has 1 fully saturated rings. The van der Waals surface area contributed by atoms with Crippen molar-refractivity contribution in [3.05, 3.63) is 0 Å². The molecule has 2 heteroatoms. The number of hydrogen-bond donors (Lipinski definition) is 0. The Kier molecular flexibility index (Phi) is 3.30. The van der Waals surface area contributed by atoms with Crippen LogP contribution in [0.15, 0.2) is 0 Å². The van der Waals surface area contributed by atoms with Gasteiger partial charge in [-0.3, -0.25) is 4.79 Å². The highest BCUT2D eigenvalue weighted by atomic mass is 16.5. The summed E-state index contributed by atoms with van der Waals surface area (Å²) in [7, 11) is 0. The first-order chi connectivity index (χ1) is 6.69. The smallest absolute Gasteiger partial charge is 0.133 e. The molecule has 15 heavy (non-hydrogen) atoms. The van der Waals surface area contributed by atoms with Crippen molar-refractivity contribution < 1.29 is 9.53 Å². The van der Waals surface area contributed by atoms with Crippen molar-refractivity contribution in [2.24, 2.45) is 11.8 Å². The fourth-order valence-corrected chi connectivity index (χ4v) is 3.09. The zero-order valence-electron chi connectivity index (χ0n) is 10.9. The Morgan fingerprint density at radius 2 is 1.93 bits per heavy atom. The lowest BCUT2D eigenvalue weighted by molar-refractivity contribution is -0.126. The molecule has 2 unspecified atom stereocenters. The van der Waals surface area contributed by atoms with Crippen LogP contribution in [-0.2, 0) is 9.53 Å². The Morgan fingerprint density at radius 3 is 2.20 bits per heavy atom. The Bertz CT molecular complexity index is 253. The molecule has 1 rings (SSSR count). The molecule has 1 aliphatic heterocycles. The van der Waals surface area contributed by atoms with Crippen LogP contribution in [0.1, 0.15) is 54.4 Å². The summed E-state index contributed by atoms with van der Waals surface area (Å²) in [6.07, 6.45) is 1.90. The Balaban J connectivity index is 2.90. The van der Waals surface area contributed by atoms with E-state index in [9.17, 15) is 4.79 Å². The van der Waals surface area contributed by atoms with Crippen LogP contribution >= 0.6 is 0 Å². The van der Waals surface area contributed by atoms with Gasteiger partial charge in [-0.1, -0.05) is 6.92 Å². The standard InChI is InChI=1S/C13H24O2/c1-7-10(9(2)14)11-8-12(3,4)15-13(11,5)6/h10-11H,7-8H2,1-6H3. The molecule has 0 aromatic rings. The summed E-state index contributed by atoms with van der Waals surface area (Å²) in [5.74, 6) is 0.814. The molecule has 0 aromatic carbocycles. The maximum absolute atomic E-state index is 11.6. The third-order valence-corrected chi connectivity index (χ3v) is 3.59. The van der Waals surface area contributed by atoms with E-state index in [-0.39, 0.29) is 17.1 Å². The number of ketones is 1. The molecular formula is C13H24O2. The number of carbonyl (C=O) groups excluding carboxylic acids is 1. The van der Waals surface area contributed by atoms with Crippen LogP contribution in [0.5, 0.6) is 0 Å². The van der Waals surface area contributed by atoms with Crippen molar-refractivity contribution in [3.8, 4) is 0 Å². The third-order valence-electron chi connectivity index (χ3n) is 3.59. The summed E-state index contributed by atoms with van der Waals surface area (Å²) < 4.78 is 6.03. The Labute approximate surface area is 93.4 Å². The van der Waals surface area contributed by atoms with Crippen molar-refractivity contribution >= 4 is 5.78 Å². The quantitative estimate of drug-likeness (QED) is 0.718. The van der Waals surface area contributed by atoms with E-state index in [1.165, 1.54) is 0 Å². The molecule has 0 aliphatic carbocycles. The number of hydrogen-bond acceptors (Lipinski definition) is 2. The summed E-state index contributed by atoms with van der Waals surface area (Å²) >= 11 is 0. The molecule has 0 N–H and O–H groups in total. The van der Waals surface area contributed by atoms with E-state index < -0.39 is 0 Å². The highest BCUT2D eigenvalue weighted by molar-refractivity contribution is 5.78. The molecule has 1 saturated heterocycles. The first-order valence-electron chi connectivity index (χ1n) is 5.90. The van der Waals surface area contributed by atoms with E-state index in [0.717, 1.165) is 12.8 Å². The largest absolute Gasteiger partial charge is 0.369 e. The molecule has 0 saturated carbocycles. The zero-order valence-corrected chi connectivity index (χ0v) is 10.9. The minimum atomic E-state index is -0.171. The van der Waals surface area contributed by atoms with E-state index in [0.29, 0.717) is 11.7 Å². The van der Waals surface area contributed by atoms with Crippen LogP contribution in [0.25, 0.3) is 0 Å². The van der Waals surface area contributed by atoms with Gasteiger partial charge in [0.2, 0.25) is 0 Å². The number of Topliss-reactive ketones (excluding diaryl/α,β-unsaturated/α-hetero) is 1. The monoisotopic (exact) mass is 212 g/mol. The van der Waals surface area contributed by atoms with Gasteiger partial charge >= 0.3 is 0 Å². The van der Waals surface area contributed by atoms with Gasteiger partial charge in [0.05, 0.1) is 11.2 Å². The van der Waals surface area contributed by atoms with Crippen molar-refractivity contribution in [2.75, 3.05) is 0 Å². The normalized spacial score (nSPS) is 30.1. The summed E-state index contributed by atoms with van der Waals surface area (Å²) in [5.41, 5.74) is -0.257. The summed E-state index contributed by atoms with van der Waals surface area (Å²) in [6.45, 7) is 12.2. The minimum absolute atomic E-state index is 0.0863. The molecule has 0 radical (unpaired) electrons. The molecule has 1 heterocycles. The van der Waals surface area contributed by atoms with Gasteiger partial charge in [-0.15, -0.1) is 0 Å². The van der Waals surface area contributed by atoms with Crippen molar-refractivity contribution in [1.29, 1.82) is 0 Å². The zero-order chi connectivity index (χ0) is 11.9. The predicted molar refractivity (Wildman–Crippen MR) is 61.8 cm³/mol. The maximum atomic E-state index is 11.6.